The van der Waals surface area contributed by atoms with Crippen LogP contribution in [-0.4, -0.2) is 32.5 Å². The second kappa shape index (κ2) is 8.38. The quantitative estimate of drug-likeness (QED) is 0.680. The largest absolute Gasteiger partial charge is 0.505 e. The predicted molar refractivity (Wildman–Crippen MR) is 101 cm³/mol. The van der Waals surface area contributed by atoms with E-state index in [1.807, 2.05) is 24.3 Å². The number of carbonyl (C=O) groups is 1. The maximum Gasteiger partial charge on any atom is 0.226 e. The maximum absolute atomic E-state index is 12.1. The van der Waals surface area contributed by atoms with Crippen LogP contribution >= 0.6 is 11.3 Å². The summed E-state index contributed by atoms with van der Waals surface area (Å²) in [6.45, 7) is 2.16. The molecule has 3 aromatic rings. The molecule has 0 fully saturated rings. The van der Waals surface area contributed by atoms with Crippen molar-refractivity contribution in [1.29, 1.82) is 5.26 Å². The Labute approximate surface area is 160 Å². The van der Waals surface area contributed by atoms with Gasteiger partial charge >= 0.3 is 0 Å². The molecule has 0 radical (unpaired) electrons. The summed E-state index contributed by atoms with van der Waals surface area (Å²) in [6.07, 6.45) is 3.95. The Bertz CT molecular complexity index is 995. The SMILES string of the molecule is Cc1c(C#N)cnc(-c2nc(CC(=O)NCCc3ccccn3)cs2)c1O. The molecule has 0 unspecified atom stereocenters. The van der Waals surface area contributed by atoms with Crippen LogP contribution in [0.2, 0.25) is 0 Å². The van der Waals surface area contributed by atoms with Gasteiger partial charge in [-0.1, -0.05) is 6.07 Å². The molecule has 3 aromatic heterocycles. The first-order valence-corrected chi connectivity index (χ1v) is 9.16. The van der Waals surface area contributed by atoms with Crippen molar-refractivity contribution >= 4 is 17.2 Å². The van der Waals surface area contributed by atoms with Crippen LogP contribution in [0.3, 0.4) is 0 Å². The van der Waals surface area contributed by atoms with Gasteiger partial charge in [-0.15, -0.1) is 11.3 Å². The number of aromatic nitrogens is 3. The highest BCUT2D eigenvalue weighted by Crippen LogP contribution is 2.33. The normalized spacial score (nSPS) is 10.4. The number of thiazole rings is 1. The molecule has 3 heterocycles. The summed E-state index contributed by atoms with van der Waals surface area (Å²) in [5.41, 5.74) is 2.63. The lowest BCUT2D eigenvalue weighted by molar-refractivity contribution is -0.120. The topological polar surface area (TPSA) is 112 Å². The highest BCUT2D eigenvalue weighted by atomic mass is 32.1. The van der Waals surface area contributed by atoms with Crippen molar-refractivity contribution in [2.24, 2.45) is 0 Å². The van der Waals surface area contributed by atoms with Gasteiger partial charge in [-0.05, 0) is 19.1 Å². The van der Waals surface area contributed by atoms with Gasteiger partial charge in [0.15, 0.2) is 0 Å². The van der Waals surface area contributed by atoms with Crippen LogP contribution in [0.25, 0.3) is 10.7 Å². The smallest absolute Gasteiger partial charge is 0.226 e. The molecule has 0 aromatic carbocycles. The van der Waals surface area contributed by atoms with Gasteiger partial charge < -0.3 is 10.4 Å². The van der Waals surface area contributed by atoms with Crippen LogP contribution in [0.1, 0.15) is 22.5 Å². The first-order chi connectivity index (χ1) is 13.1. The Morgan fingerprint density at radius 1 is 1.33 bits per heavy atom. The van der Waals surface area contributed by atoms with Gasteiger partial charge in [0.1, 0.15) is 22.5 Å². The van der Waals surface area contributed by atoms with E-state index >= 15 is 0 Å². The fourth-order valence-electron chi connectivity index (χ4n) is 2.46. The van der Waals surface area contributed by atoms with Crippen LogP contribution in [-0.2, 0) is 17.6 Å². The van der Waals surface area contributed by atoms with E-state index in [0.717, 1.165) is 5.69 Å². The highest BCUT2D eigenvalue weighted by molar-refractivity contribution is 7.13. The highest BCUT2D eigenvalue weighted by Gasteiger charge is 2.16. The Hall–Kier alpha value is -3.31. The zero-order chi connectivity index (χ0) is 19.2. The van der Waals surface area contributed by atoms with Gasteiger partial charge in [-0.2, -0.15) is 5.26 Å². The molecule has 136 valence electrons. The van der Waals surface area contributed by atoms with Crippen molar-refractivity contribution in [2.45, 2.75) is 19.8 Å². The molecule has 0 saturated carbocycles. The van der Waals surface area contributed by atoms with Crippen LogP contribution < -0.4 is 5.32 Å². The number of aromatic hydroxyl groups is 1. The van der Waals surface area contributed by atoms with Gasteiger partial charge in [0.2, 0.25) is 5.91 Å². The monoisotopic (exact) mass is 379 g/mol. The van der Waals surface area contributed by atoms with Crippen LogP contribution in [0.15, 0.2) is 36.0 Å². The predicted octanol–water partition coefficient (Wildman–Crippen LogP) is 2.39. The fourth-order valence-corrected chi connectivity index (χ4v) is 3.28. The van der Waals surface area contributed by atoms with E-state index in [-0.39, 0.29) is 18.1 Å². The standard InChI is InChI=1S/C19H17N5O2S/c1-12-13(9-20)10-23-17(18(12)26)19-24-15(11-27-19)8-16(25)22-7-5-14-4-2-3-6-21-14/h2-4,6,10-11,26H,5,7-8H2,1H3,(H,22,25). The number of pyridine rings is 2. The number of nitriles is 1. The molecule has 0 aliphatic carbocycles. The Kier molecular flexibility index (Phi) is 5.74. The summed E-state index contributed by atoms with van der Waals surface area (Å²) in [7, 11) is 0. The molecule has 3 rings (SSSR count). The first-order valence-electron chi connectivity index (χ1n) is 8.28. The van der Waals surface area contributed by atoms with Crippen LogP contribution in [0, 0.1) is 18.3 Å². The third kappa shape index (κ3) is 4.46. The molecule has 0 spiro atoms. The van der Waals surface area contributed by atoms with Gasteiger partial charge in [-0.3, -0.25) is 9.78 Å². The lowest BCUT2D eigenvalue weighted by Gasteiger charge is -2.05. The first kappa shape index (κ1) is 18.5. The van der Waals surface area contributed by atoms with Crippen molar-refractivity contribution in [2.75, 3.05) is 6.54 Å². The zero-order valence-corrected chi connectivity index (χ0v) is 15.5. The van der Waals surface area contributed by atoms with Crippen LogP contribution in [0.4, 0.5) is 0 Å². The molecule has 27 heavy (non-hydrogen) atoms. The van der Waals surface area contributed by atoms with E-state index in [0.29, 0.717) is 40.5 Å². The Balaban J connectivity index is 1.60. The summed E-state index contributed by atoms with van der Waals surface area (Å²) in [5.74, 6) is -0.189. The van der Waals surface area contributed by atoms with Gasteiger partial charge in [-0.25, -0.2) is 9.97 Å². The molecule has 0 bridgehead atoms. The lowest BCUT2D eigenvalue weighted by atomic mass is 10.1. The van der Waals surface area contributed by atoms with Crippen molar-refractivity contribution < 1.29 is 9.90 Å². The van der Waals surface area contributed by atoms with Crippen molar-refractivity contribution in [3.63, 3.8) is 0 Å². The average Bonchev–Trinajstić information content (AvgIpc) is 3.13. The van der Waals surface area contributed by atoms with Crippen molar-refractivity contribution in [3.8, 4) is 22.5 Å². The second-order valence-corrected chi connectivity index (χ2v) is 6.71. The molecular weight excluding hydrogens is 362 g/mol. The van der Waals surface area contributed by atoms with E-state index in [2.05, 4.69) is 20.3 Å². The van der Waals surface area contributed by atoms with Gasteiger partial charge in [0.25, 0.3) is 0 Å². The summed E-state index contributed by atoms with van der Waals surface area (Å²) in [6, 6.07) is 7.66. The van der Waals surface area contributed by atoms with Crippen molar-refractivity contribution in [3.05, 3.63) is 58.5 Å². The fraction of sp³-hybridized carbons (Fsp3) is 0.211. The molecule has 8 heteroatoms. The number of hydrogen-bond acceptors (Lipinski definition) is 7. The molecule has 0 saturated heterocycles. The lowest BCUT2D eigenvalue weighted by Crippen LogP contribution is -2.27. The molecule has 0 aliphatic rings. The number of carbonyl (C=O) groups excluding carboxylic acids is 1. The average molecular weight is 379 g/mol. The zero-order valence-electron chi connectivity index (χ0n) is 14.6. The summed E-state index contributed by atoms with van der Waals surface area (Å²) < 4.78 is 0. The summed E-state index contributed by atoms with van der Waals surface area (Å²) >= 11 is 1.30. The third-order valence-electron chi connectivity index (χ3n) is 3.95. The van der Waals surface area contributed by atoms with E-state index < -0.39 is 0 Å². The number of nitrogens with one attached hydrogen (secondary N) is 1. The Morgan fingerprint density at radius 3 is 2.93 bits per heavy atom. The van der Waals surface area contributed by atoms with Gasteiger partial charge in [0.05, 0.1) is 17.7 Å². The Morgan fingerprint density at radius 2 is 2.19 bits per heavy atom. The van der Waals surface area contributed by atoms with E-state index in [4.69, 9.17) is 5.26 Å². The number of amides is 1. The molecule has 1 amide bonds. The maximum atomic E-state index is 12.1. The molecular formula is C19H17N5O2S. The summed E-state index contributed by atoms with van der Waals surface area (Å²) in [4.78, 5) is 24.8. The minimum atomic E-state index is -0.129. The minimum absolute atomic E-state index is 0.0604. The third-order valence-corrected chi connectivity index (χ3v) is 4.85. The molecule has 7 nitrogen and oxygen atoms in total. The van der Waals surface area contributed by atoms with E-state index in [1.54, 1.807) is 18.5 Å². The summed E-state index contributed by atoms with van der Waals surface area (Å²) in [5, 5.41) is 24.4. The molecule has 0 atom stereocenters. The molecule has 2 N–H and O–H groups in total. The number of rotatable bonds is 6. The van der Waals surface area contributed by atoms with E-state index in [9.17, 15) is 9.90 Å². The number of nitrogens with zero attached hydrogens (tertiary/aromatic N) is 4. The second-order valence-electron chi connectivity index (χ2n) is 5.85. The minimum Gasteiger partial charge on any atom is -0.505 e. The number of hydrogen-bond donors (Lipinski definition) is 2. The van der Waals surface area contributed by atoms with Crippen molar-refractivity contribution in [1.82, 2.24) is 20.3 Å². The van der Waals surface area contributed by atoms with Crippen LogP contribution in [0.5, 0.6) is 5.75 Å². The molecule has 0 aliphatic heterocycles. The van der Waals surface area contributed by atoms with Gasteiger partial charge in [0, 0.05) is 42.0 Å². The van der Waals surface area contributed by atoms with E-state index in [1.165, 1.54) is 17.5 Å².